The van der Waals surface area contributed by atoms with E-state index in [-0.39, 0.29) is 45.5 Å². The van der Waals surface area contributed by atoms with E-state index in [0.29, 0.717) is 24.5 Å². The van der Waals surface area contributed by atoms with Crippen LogP contribution in [0.3, 0.4) is 0 Å². The van der Waals surface area contributed by atoms with Crippen molar-refractivity contribution in [3.05, 3.63) is 111 Å². The molecule has 0 aliphatic carbocycles. The Balaban J connectivity index is 1.44. The Bertz CT molecular complexity index is 1940. The molecule has 3 unspecified atom stereocenters. The first-order chi connectivity index (χ1) is 22.2. The van der Waals surface area contributed by atoms with Gasteiger partial charge in [0.25, 0.3) is 21.5 Å². The highest BCUT2D eigenvalue weighted by atomic mass is 35.5. The van der Waals surface area contributed by atoms with Crippen molar-refractivity contribution >= 4 is 33.2 Å². The van der Waals surface area contributed by atoms with Gasteiger partial charge in [0, 0.05) is 39.3 Å². The van der Waals surface area contributed by atoms with Crippen LogP contribution in [0.1, 0.15) is 41.5 Å². The molecule has 0 saturated carbocycles. The minimum atomic E-state index is -4.36. The van der Waals surface area contributed by atoms with Crippen molar-refractivity contribution in [1.82, 2.24) is 19.6 Å². The number of hydrogen-bond donors (Lipinski definition) is 1. The van der Waals surface area contributed by atoms with Crippen molar-refractivity contribution in [2.24, 2.45) is 7.05 Å². The van der Waals surface area contributed by atoms with E-state index in [1.54, 1.807) is 49.0 Å². The lowest BCUT2D eigenvalue weighted by atomic mass is 10.0. The Morgan fingerprint density at radius 1 is 1.04 bits per heavy atom. The summed E-state index contributed by atoms with van der Waals surface area (Å²) < 4.78 is 67.4. The zero-order valence-electron chi connectivity index (χ0n) is 26.6. The highest BCUT2D eigenvalue weighted by Gasteiger charge is 2.33. The number of ether oxygens (including phenoxy) is 1. The molecule has 1 aliphatic heterocycles. The molecule has 3 aromatic carbocycles. The average Bonchev–Trinajstić information content (AvgIpc) is 3.24. The van der Waals surface area contributed by atoms with Crippen molar-refractivity contribution in [2.75, 3.05) is 31.0 Å². The monoisotopic (exact) mass is 687 g/mol. The summed E-state index contributed by atoms with van der Waals surface area (Å²) in [6.07, 6.45) is -0.435. The van der Waals surface area contributed by atoms with Gasteiger partial charge in [0.05, 0.1) is 45.1 Å². The summed E-state index contributed by atoms with van der Waals surface area (Å²) in [6, 6.07) is 15.1. The normalized spacial score (nSPS) is 17.8. The zero-order chi connectivity index (χ0) is 34.2. The van der Waals surface area contributed by atoms with Crippen molar-refractivity contribution in [1.29, 1.82) is 0 Å². The van der Waals surface area contributed by atoms with E-state index in [2.05, 4.69) is 5.32 Å². The topological polar surface area (TPSA) is 106 Å². The van der Waals surface area contributed by atoms with Gasteiger partial charge in [-0.15, -0.1) is 0 Å². The van der Waals surface area contributed by atoms with Crippen LogP contribution in [0.2, 0.25) is 5.02 Å². The van der Waals surface area contributed by atoms with Gasteiger partial charge in [-0.05, 0) is 63.2 Å². The van der Waals surface area contributed by atoms with E-state index in [9.17, 15) is 18.0 Å². The number of aromatic nitrogens is 2. The molecule has 1 saturated heterocycles. The third-order valence-corrected chi connectivity index (χ3v) is 10.4. The van der Waals surface area contributed by atoms with Gasteiger partial charge in [-0.25, -0.2) is 21.9 Å². The highest BCUT2D eigenvalue weighted by molar-refractivity contribution is 7.92. The molecule has 5 rings (SSSR count). The number of halogens is 3. The number of carbonyl (C=O) groups excluding carboxylic acids is 1. The molecule has 1 aromatic heterocycles. The standard InChI is InChI=1S/C33H36ClF2N5O5S/c1-20-18-40(19-21(2)46-20)29(30-27(35)12-9-13-28(30)36)17-37-32(42)25-16-24(14-15-26(25)34)47(44,45)39(5)31-22(3)38(4)41(33(31)43)23-10-7-6-8-11-23/h6-16,20-21,29H,17-19H2,1-5H3,(H,37,42). The fourth-order valence-electron chi connectivity index (χ4n) is 6.03. The first-order valence-corrected chi connectivity index (χ1v) is 16.8. The molecule has 2 heterocycles. The molecular formula is C33H36ClF2N5O5S. The molecule has 0 spiro atoms. The summed E-state index contributed by atoms with van der Waals surface area (Å²) in [4.78, 5) is 28.6. The number of amides is 1. The number of benzene rings is 3. The minimum absolute atomic E-state index is 0.0336. The lowest BCUT2D eigenvalue weighted by Crippen LogP contribution is -2.50. The molecule has 0 bridgehead atoms. The van der Waals surface area contributed by atoms with Gasteiger partial charge in [-0.3, -0.25) is 23.5 Å². The van der Waals surface area contributed by atoms with E-state index in [0.717, 1.165) is 22.5 Å². The maximum Gasteiger partial charge on any atom is 0.296 e. The van der Waals surface area contributed by atoms with Crippen LogP contribution in [0.4, 0.5) is 14.5 Å². The van der Waals surface area contributed by atoms with Crippen LogP contribution >= 0.6 is 11.6 Å². The number of morpholine rings is 1. The maximum atomic E-state index is 15.0. The smallest absolute Gasteiger partial charge is 0.296 e. The summed E-state index contributed by atoms with van der Waals surface area (Å²) in [5.41, 5.74) is -0.0229. The molecule has 47 heavy (non-hydrogen) atoms. The summed E-state index contributed by atoms with van der Waals surface area (Å²) in [5, 5.41) is 2.67. The summed E-state index contributed by atoms with van der Waals surface area (Å²) in [5.74, 6) is -2.26. The molecular weight excluding hydrogens is 652 g/mol. The van der Waals surface area contributed by atoms with Crippen LogP contribution in [-0.4, -0.2) is 67.5 Å². The molecule has 1 N–H and O–H groups in total. The molecule has 3 atom stereocenters. The number of sulfonamides is 1. The predicted octanol–water partition coefficient (Wildman–Crippen LogP) is 4.82. The van der Waals surface area contributed by atoms with Crippen molar-refractivity contribution < 1.29 is 26.7 Å². The molecule has 4 aromatic rings. The molecule has 250 valence electrons. The van der Waals surface area contributed by atoms with E-state index < -0.39 is 39.2 Å². The summed E-state index contributed by atoms with van der Waals surface area (Å²) >= 11 is 6.38. The molecule has 1 fully saturated rings. The predicted molar refractivity (Wildman–Crippen MR) is 176 cm³/mol. The fraction of sp³-hybridized carbons (Fsp3) is 0.333. The fourth-order valence-corrected chi connectivity index (χ4v) is 7.51. The minimum Gasteiger partial charge on any atom is -0.373 e. The zero-order valence-corrected chi connectivity index (χ0v) is 28.1. The second-order valence-corrected chi connectivity index (χ2v) is 14.0. The number of rotatable bonds is 9. The van der Waals surface area contributed by atoms with Crippen molar-refractivity contribution in [3.63, 3.8) is 0 Å². The first-order valence-electron chi connectivity index (χ1n) is 15.0. The second kappa shape index (κ2) is 13.6. The van der Waals surface area contributed by atoms with Gasteiger partial charge in [-0.1, -0.05) is 35.9 Å². The van der Waals surface area contributed by atoms with Crippen LogP contribution in [0.15, 0.2) is 76.4 Å². The third-order valence-electron chi connectivity index (χ3n) is 8.36. The number of carbonyl (C=O) groups is 1. The number of nitrogens with one attached hydrogen (secondary N) is 1. The second-order valence-electron chi connectivity index (χ2n) is 11.6. The number of anilines is 1. The number of nitrogens with zero attached hydrogens (tertiary/aromatic N) is 4. The SMILES string of the molecule is Cc1c(N(C)S(=O)(=O)c2ccc(Cl)c(C(=O)NCC(c3c(F)cccc3F)N3CC(C)OC(C)C3)c2)c(=O)n(-c2ccccc2)n1C. The van der Waals surface area contributed by atoms with Crippen LogP contribution in [-0.2, 0) is 21.8 Å². The quantitative estimate of drug-likeness (QED) is 0.271. The van der Waals surface area contributed by atoms with Crippen LogP contribution in [0.5, 0.6) is 0 Å². The number of hydrogen-bond acceptors (Lipinski definition) is 6. The van der Waals surface area contributed by atoms with Gasteiger partial charge in [-0.2, -0.15) is 0 Å². The first kappa shape index (κ1) is 34.3. The third kappa shape index (κ3) is 6.71. The van der Waals surface area contributed by atoms with Gasteiger partial charge in [0.2, 0.25) is 0 Å². The molecule has 1 amide bonds. The van der Waals surface area contributed by atoms with E-state index in [1.807, 2.05) is 18.7 Å². The maximum absolute atomic E-state index is 15.0. The van der Waals surface area contributed by atoms with Crippen molar-refractivity contribution in [2.45, 2.75) is 43.9 Å². The van der Waals surface area contributed by atoms with Gasteiger partial charge >= 0.3 is 0 Å². The van der Waals surface area contributed by atoms with Crippen LogP contribution in [0.25, 0.3) is 5.69 Å². The Kier molecular flexibility index (Phi) is 9.92. The lowest BCUT2D eigenvalue weighted by molar-refractivity contribution is -0.0811. The molecule has 14 heteroatoms. The Hall–Kier alpha value is -4.04. The Labute approximate surface area is 277 Å². The van der Waals surface area contributed by atoms with Crippen LogP contribution < -0.4 is 15.2 Å². The van der Waals surface area contributed by atoms with E-state index >= 15 is 8.78 Å². The number of para-hydroxylation sites is 1. The van der Waals surface area contributed by atoms with Crippen molar-refractivity contribution in [3.8, 4) is 5.69 Å². The summed E-state index contributed by atoms with van der Waals surface area (Å²) in [7, 11) is -1.45. The molecule has 0 radical (unpaired) electrons. The van der Waals surface area contributed by atoms with Crippen LogP contribution in [0, 0.1) is 18.6 Å². The molecule has 1 aliphatic rings. The lowest BCUT2D eigenvalue weighted by Gasteiger charge is -2.40. The Morgan fingerprint density at radius 3 is 2.28 bits per heavy atom. The summed E-state index contributed by atoms with van der Waals surface area (Å²) in [6.45, 7) is 5.87. The van der Waals surface area contributed by atoms with Gasteiger partial charge < -0.3 is 10.1 Å². The highest BCUT2D eigenvalue weighted by Crippen LogP contribution is 2.30. The average molecular weight is 688 g/mol. The van der Waals surface area contributed by atoms with E-state index in [1.165, 1.54) is 29.9 Å². The Morgan fingerprint density at radius 2 is 1.66 bits per heavy atom. The van der Waals surface area contributed by atoms with Gasteiger partial charge in [0.15, 0.2) is 0 Å². The van der Waals surface area contributed by atoms with E-state index in [4.69, 9.17) is 16.3 Å². The van der Waals surface area contributed by atoms with Gasteiger partial charge in [0.1, 0.15) is 17.3 Å². The molecule has 10 nitrogen and oxygen atoms in total. The largest absolute Gasteiger partial charge is 0.373 e.